The lowest BCUT2D eigenvalue weighted by molar-refractivity contribution is 0.0696. The highest BCUT2D eigenvalue weighted by Gasteiger charge is 2.22. The van der Waals surface area contributed by atoms with Crippen LogP contribution < -0.4 is 10.1 Å². The van der Waals surface area contributed by atoms with Crippen molar-refractivity contribution in [2.24, 2.45) is 0 Å². The van der Waals surface area contributed by atoms with E-state index in [1.165, 1.54) is 0 Å². The lowest BCUT2D eigenvalue weighted by atomic mass is 10.0. The summed E-state index contributed by atoms with van der Waals surface area (Å²) in [6, 6.07) is 10.5. The summed E-state index contributed by atoms with van der Waals surface area (Å²) in [5.41, 5.74) is 2.80. The van der Waals surface area contributed by atoms with E-state index in [4.69, 9.17) is 9.84 Å². The number of carbonyl (C=O) groups is 1. The molecule has 4 rings (SSSR count). The van der Waals surface area contributed by atoms with Gasteiger partial charge < -0.3 is 15.2 Å². The third kappa shape index (κ3) is 3.32. The number of hydrogen-bond donors (Lipinski definition) is 2. The summed E-state index contributed by atoms with van der Waals surface area (Å²) < 4.78 is 5.74. The number of fused-ring (bicyclic) bond motifs is 1. The van der Waals surface area contributed by atoms with E-state index in [0.29, 0.717) is 19.0 Å². The average Bonchev–Trinajstić information content (AvgIpc) is 2.68. The maximum Gasteiger partial charge on any atom is 0.335 e. The first-order valence-corrected chi connectivity index (χ1v) is 8.18. The number of hydrogen-bond acceptors (Lipinski definition) is 6. The van der Waals surface area contributed by atoms with E-state index in [0.717, 1.165) is 22.6 Å². The minimum absolute atomic E-state index is 0.0457. The molecule has 2 aromatic heterocycles. The molecule has 1 unspecified atom stereocenters. The summed E-state index contributed by atoms with van der Waals surface area (Å²) in [6.45, 7) is 0.458. The van der Waals surface area contributed by atoms with Gasteiger partial charge in [-0.15, -0.1) is 0 Å². The first-order chi connectivity index (χ1) is 12.7. The van der Waals surface area contributed by atoms with Gasteiger partial charge >= 0.3 is 5.97 Å². The third-order valence-electron chi connectivity index (χ3n) is 4.16. The van der Waals surface area contributed by atoms with Gasteiger partial charge in [0.1, 0.15) is 12.4 Å². The van der Waals surface area contributed by atoms with Crippen LogP contribution in [-0.4, -0.2) is 38.7 Å². The van der Waals surface area contributed by atoms with Gasteiger partial charge in [0.15, 0.2) is 0 Å². The predicted octanol–water partition coefficient (Wildman–Crippen LogP) is 2.65. The van der Waals surface area contributed by atoms with Gasteiger partial charge in [-0.05, 0) is 48.4 Å². The van der Waals surface area contributed by atoms with Crippen molar-refractivity contribution in [2.75, 3.05) is 11.9 Å². The average molecular weight is 348 g/mol. The summed E-state index contributed by atoms with van der Waals surface area (Å²) in [5, 5.41) is 12.4. The second-order valence-electron chi connectivity index (χ2n) is 5.99. The Kier molecular flexibility index (Phi) is 4.18. The topological polar surface area (TPSA) is 97.2 Å². The van der Waals surface area contributed by atoms with Crippen LogP contribution in [-0.2, 0) is 6.42 Å². The predicted molar refractivity (Wildman–Crippen MR) is 95.3 cm³/mol. The number of pyridine rings is 1. The van der Waals surface area contributed by atoms with E-state index in [-0.39, 0.29) is 11.6 Å². The smallest absolute Gasteiger partial charge is 0.335 e. The van der Waals surface area contributed by atoms with Crippen molar-refractivity contribution in [3.63, 3.8) is 0 Å². The molecule has 1 aromatic carbocycles. The number of ether oxygens (including phenoxy) is 1. The van der Waals surface area contributed by atoms with E-state index >= 15 is 0 Å². The molecule has 0 saturated heterocycles. The molecule has 0 fully saturated rings. The second kappa shape index (κ2) is 6.79. The lowest BCUT2D eigenvalue weighted by Crippen LogP contribution is -2.33. The summed E-state index contributed by atoms with van der Waals surface area (Å²) >= 11 is 0. The molecule has 1 atom stereocenters. The highest BCUT2D eigenvalue weighted by molar-refractivity contribution is 5.88. The molecular weight excluding hydrogens is 332 g/mol. The number of nitrogens with one attached hydrogen (secondary N) is 1. The number of anilines is 1. The fraction of sp³-hybridized carbons (Fsp3) is 0.158. The lowest BCUT2D eigenvalue weighted by Gasteiger charge is -2.26. The molecular formula is C19H16N4O3. The minimum Gasteiger partial charge on any atom is -0.491 e. The van der Waals surface area contributed by atoms with Crippen molar-refractivity contribution in [1.29, 1.82) is 0 Å². The highest BCUT2D eigenvalue weighted by Crippen LogP contribution is 2.27. The Morgan fingerprint density at radius 1 is 1.23 bits per heavy atom. The second-order valence-corrected chi connectivity index (χ2v) is 5.99. The Balaban J connectivity index is 1.52. The SMILES string of the molecule is O=C(O)c1ccc2c(c1)CC(Nc1nccc(-c3cccnc3)n1)CO2. The largest absolute Gasteiger partial charge is 0.491 e. The third-order valence-corrected chi connectivity index (χ3v) is 4.16. The van der Waals surface area contributed by atoms with E-state index in [1.54, 1.807) is 36.8 Å². The maximum absolute atomic E-state index is 11.1. The Bertz CT molecular complexity index is 947. The van der Waals surface area contributed by atoms with Gasteiger partial charge in [0.25, 0.3) is 0 Å². The zero-order valence-corrected chi connectivity index (χ0v) is 13.8. The Morgan fingerprint density at radius 3 is 2.96 bits per heavy atom. The molecule has 1 aliphatic heterocycles. The van der Waals surface area contributed by atoms with Crippen LogP contribution in [0.1, 0.15) is 15.9 Å². The molecule has 1 aliphatic rings. The Labute approximate surface area is 149 Å². The van der Waals surface area contributed by atoms with Gasteiger partial charge in [-0.25, -0.2) is 14.8 Å². The van der Waals surface area contributed by atoms with Crippen LogP contribution in [0.5, 0.6) is 5.75 Å². The van der Waals surface area contributed by atoms with E-state index in [2.05, 4.69) is 20.3 Å². The molecule has 0 amide bonds. The normalized spacial score (nSPS) is 15.6. The summed E-state index contributed by atoms with van der Waals surface area (Å²) in [4.78, 5) is 24.1. The van der Waals surface area contributed by atoms with Crippen LogP contribution in [0.2, 0.25) is 0 Å². The molecule has 7 nitrogen and oxygen atoms in total. The molecule has 26 heavy (non-hydrogen) atoms. The van der Waals surface area contributed by atoms with Crippen molar-refractivity contribution in [3.8, 4) is 17.0 Å². The van der Waals surface area contributed by atoms with Crippen molar-refractivity contribution < 1.29 is 14.6 Å². The van der Waals surface area contributed by atoms with Gasteiger partial charge in [-0.2, -0.15) is 0 Å². The molecule has 0 aliphatic carbocycles. The zero-order valence-electron chi connectivity index (χ0n) is 13.8. The van der Waals surface area contributed by atoms with E-state index in [1.807, 2.05) is 18.2 Å². The number of carboxylic acid groups (broad SMARTS) is 1. The van der Waals surface area contributed by atoms with Crippen LogP contribution in [0.15, 0.2) is 55.0 Å². The van der Waals surface area contributed by atoms with Crippen molar-refractivity contribution in [3.05, 3.63) is 66.1 Å². The first-order valence-electron chi connectivity index (χ1n) is 8.18. The fourth-order valence-electron chi connectivity index (χ4n) is 2.91. The maximum atomic E-state index is 11.1. The molecule has 0 saturated carbocycles. The number of benzene rings is 1. The summed E-state index contributed by atoms with van der Waals surface area (Å²) in [6.07, 6.45) is 5.79. The van der Waals surface area contributed by atoms with E-state index < -0.39 is 5.97 Å². The quantitative estimate of drug-likeness (QED) is 0.748. The number of nitrogens with zero attached hydrogens (tertiary/aromatic N) is 3. The first kappa shape index (κ1) is 16.0. The summed E-state index contributed by atoms with van der Waals surface area (Å²) in [7, 11) is 0. The fourth-order valence-corrected chi connectivity index (χ4v) is 2.91. The zero-order chi connectivity index (χ0) is 17.9. The molecule has 2 N–H and O–H groups in total. The Hall–Kier alpha value is -3.48. The number of aromatic nitrogens is 3. The monoisotopic (exact) mass is 348 g/mol. The van der Waals surface area contributed by atoms with Gasteiger partial charge in [0, 0.05) is 24.2 Å². The molecule has 3 heterocycles. The number of carboxylic acids is 1. The van der Waals surface area contributed by atoms with Gasteiger partial charge in [0.2, 0.25) is 5.95 Å². The van der Waals surface area contributed by atoms with E-state index in [9.17, 15) is 4.79 Å². The van der Waals surface area contributed by atoms with Gasteiger partial charge in [0.05, 0.1) is 17.3 Å². The molecule has 7 heteroatoms. The molecule has 0 bridgehead atoms. The van der Waals surface area contributed by atoms with Gasteiger partial charge in [-0.3, -0.25) is 4.98 Å². The molecule has 0 spiro atoms. The minimum atomic E-state index is -0.949. The van der Waals surface area contributed by atoms with Crippen LogP contribution in [0, 0.1) is 0 Å². The van der Waals surface area contributed by atoms with Crippen molar-refractivity contribution >= 4 is 11.9 Å². The highest BCUT2D eigenvalue weighted by atomic mass is 16.5. The van der Waals surface area contributed by atoms with Gasteiger partial charge in [-0.1, -0.05) is 0 Å². The standard InChI is InChI=1S/C19H16N4O3/c24-18(25)12-3-4-17-14(8-12)9-15(11-26-17)22-19-21-7-5-16(23-19)13-2-1-6-20-10-13/h1-8,10,15H,9,11H2,(H,24,25)(H,21,22,23). The van der Waals surface area contributed by atoms with Crippen LogP contribution in [0.25, 0.3) is 11.3 Å². The van der Waals surface area contributed by atoms with Crippen LogP contribution in [0.4, 0.5) is 5.95 Å². The molecule has 130 valence electrons. The summed E-state index contributed by atoms with van der Waals surface area (Å²) in [5.74, 6) is 0.270. The van der Waals surface area contributed by atoms with Crippen LogP contribution >= 0.6 is 0 Å². The molecule has 0 radical (unpaired) electrons. The number of rotatable bonds is 4. The number of aromatic carboxylic acids is 1. The van der Waals surface area contributed by atoms with Crippen molar-refractivity contribution in [2.45, 2.75) is 12.5 Å². The Morgan fingerprint density at radius 2 is 2.15 bits per heavy atom. The van der Waals surface area contributed by atoms with Crippen molar-refractivity contribution in [1.82, 2.24) is 15.0 Å². The molecule has 3 aromatic rings. The van der Waals surface area contributed by atoms with Crippen LogP contribution in [0.3, 0.4) is 0 Å².